The second kappa shape index (κ2) is 3.55. The predicted molar refractivity (Wildman–Crippen MR) is 47.6 cm³/mol. The van der Waals surface area contributed by atoms with Crippen molar-refractivity contribution in [2.75, 3.05) is 7.05 Å². The molecule has 0 aromatic rings. The van der Waals surface area contributed by atoms with Gasteiger partial charge in [0.2, 0.25) is 0 Å². The summed E-state index contributed by atoms with van der Waals surface area (Å²) in [6.45, 7) is 8.50. The lowest BCUT2D eigenvalue weighted by Gasteiger charge is -2.17. The van der Waals surface area contributed by atoms with Gasteiger partial charge in [0.25, 0.3) is 0 Å². The number of hydrogen-bond donors (Lipinski definition) is 0. The van der Waals surface area contributed by atoms with Crippen LogP contribution in [0.3, 0.4) is 0 Å². The summed E-state index contributed by atoms with van der Waals surface area (Å²) in [6.07, 6.45) is 4.08. The lowest BCUT2D eigenvalue weighted by atomic mass is 9.90. The van der Waals surface area contributed by atoms with Gasteiger partial charge in [0.1, 0.15) is 0 Å². The van der Waals surface area contributed by atoms with Crippen LogP contribution in [0.4, 0.5) is 0 Å². The van der Waals surface area contributed by atoms with E-state index >= 15 is 0 Å². The number of hydrogen-bond acceptors (Lipinski definition) is 1. The molecule has 0 aromatic carbocycles. The molecule has 0 N–H and O–H groups in total. The van der Waals surface area contributed by atoms with Crippen molar-refractivity contribution in [3.8, 4) is 0 Å². The SMILES string of the molecule is C/C=C\C(=NC)C(C)(C)C. The van der Waals surface area contributed by atoms with Crippen molar-refractivity contribution in [3.63, 3.8) is 0 Å². The Labute approximate surface area is 63.9 Å². The molecule has 0 aliphatic carbocycles. The van der Waals surface area contributed by atoms with Crippen molar-refractivity contribution in [2.24, 2.45) is 10.4 Å². The molecule has 0 aliphatic heterocycles. The van der Waals surface area contributed by atoms with Gasteiger partial charge >= 0.3 is 0 Å². The van der Waals surface area contributed by atoms with E-state index in [0.29, 0.717) is 0 Å². The van der Waals surface area contributed by atoms with Gasteiger partial charge in [-0.25, -0.2) is 0 Å². The summed E-state index contributed by atoms with van der Waals surface area (Å²) in [5.41, 5.74) is 1.33. The molecule has 0 fully saturated rings. The third-order valence-corrected chi connectivity index (χ3v) is 1.33. The normalized spacial score (nSPS) is 14.7. The summed E-state index contributed by atoms with van der Waals surface area (Å²) in [4.78, 5) is 4.18. The average Bonchev–Trinajstić information content (AvgIpc) is 1.80. The first kappa shape index (κ1) is 9.41. The zero-order valence-electron chi connectivity index (χ0n) is 7.60. The summed E-state index contributed by atoms with van der Waals surface area (Å²) in [5.74, 6) is 0. The fourth-order valence-corrected chi connectivity index (χ4v) is 0.818. The van der Waals surface area contributed by atoms with Crippen molar-refractivity contribution in [1.29, 1.82) is 0 Å². The van der Waals surface area contributed by atoms with Crippen molar-refractivity contribution >= 4 is 5.71 Å². The van der Waals surface area contributed by atoms with E-state index < -0.39 is 0 Å². The van der Waals surface area contributed by atoms with Crippen LogP contribution in [0.25, 0.3) is 0 Å². The molecule has 0 unspecified atom stereocenters. The minimum Gasteiger partial charge on any atom is -0.293 e. The van der Waals surface area contributed by atoms with Gasteiger partial charge in [0.15, 0.2) is 0 Å². The van der Waals surface area contributed by atoms with Crippen LogP contribution in [0.15, 0.2) is 17.1 Å². The van der Waals surface area contributed by atoms with E-state index in [-0.39, 0.29) is 5.41 Å². The molecule has 0 bridgehead atoms. The highest BCUT2D eigenvalue weighted by molar-refractivity contribution is 5.98. The van der Waals surface area contributed by atoms with Crippen LogP contribution in [0, 0.1) is 5.41 Å². The van der Waals surface area contributed by atoms with Crippen LogP contribution in [0.2, 0.25) is 0 Å². The smallest absolute Gasteiger partial charge is 0.0395 e. The quantitative estimate of drug-likeness (QED) is 0.495. The van der Waals surface area contributed by atoms with Crippen molar-refractivity contribution in [3.05, 3.63) is 12.2 Å². The molecular formula is C9H17N. The van der Waals surface area contributed by atoms with Crippen LogP contribution >= 0.6 is 0 Å². The lowest BCUT2D eigenvalue weighted by molar-refractivity contribution is 0.593. The van der Waals surface area contributed by atoms with E-state index in [9.17, 15) is 0 Å². The summed E-state index contributed by atoms with van der Waals surface area (Å²) >= 11 is 0. The molecule has 0 aliphatic rings. The Morgan fingerprint density at radius 1 is 1.30 bits per heavy atom. The molecule has 0 amide bonds. The molecule has 1 heteroatoms. The number of rotatable bonds is 1. The highest BCUT2D eigenvalue weighted by Gasteiger charge is 2.14. The Bertz CT molecular complexity index is 147. The summed E-state index contributed by atoms with van der Waals surface area (Å²) < 4.78 is 0. The molecule has 0 heterocycles. The van der Waals surface area contributed by atoms with Gasteiger partial charge in [-0.15, -0.1) is 0 Å². The highest BCUT2D eigenvalue weighted by Crippen LogP contribution is 2.16. The largest absolute Gasteiger partial charge is 0.293 e. The predicted octanol–water partition coefficient (Wildman–Crippen LogP) is 2.68. The Hall–Kier alpha value is -0.590. The first-order valence-electron chi connectivity index (χ1n) is 3.62. The van der Waals surface area contributed by atoms with Crippen LogP contribution in [-0.4, -0.2) is 12.8 Å². The monoisotopic (exact) mass is 139 g/mol. The van der Waals surface area contributed by atoms with Gasteiger partial charge in [0, 0.05) is 18.2 Å². The molecule has 0 spiro atoms. The van der Waals surface area contributed by atoms with E-state index in [4.69, 9.17) is 0 Å². The molecule has 10 heavy (non-hydrogen) atoms. The maximum Gasteiger partial charge on any atom is 0.0395 e. The second-order valence-electron chi connectivity index (χ2n) is 3.36. The molecule has 1 nitrogen and oxygen atoms in total. The van der Waals surface area contributed by atoms with Crippen molar-refractivity contribution in [2.45, 2.75) is 27.7 Å². The fraction of sp³-hybridized carbons (Fsp3) is 0.667. The second-order valence-corrected chi connectivity index (χ2v) is 3.36. The van der Waals surface area contributed by atoms with Gasteiger partial charge < -0.3 is 0 Å². The van der Waals surface area contributed by atoms with Crippen LogP contribution in [-0.2, 0) is 0 Å². The molecule has 0 rings (SSSR count). The third-order valence-electron chi connectivity index (χ3n) is 1.33. The molecular weight excluding hydrogens is 122 g/mol. The maximum absolute atomic E-state index is 4.18. The van der Waals surface area contributed by atoms with Gasteiger partial charge in [-0.2, -0.15) is 0 Å². The summed E-state index contributed by atoms with van der Waals surface area (Å²) in [6, 6.07) is 0. The van der Waals surface area contributed by atoms with E-state index in [2.05, 4.69) is 31.8 Å². The van der Waals surface area contributed by atoms with Crippen LogP contribution < -0.4 is 0 Å². The topological polar surface area (TPSA) is 12.4 Å². The van der Waals surface area contributed by atoms with E-state index in [1.54, 1.807) is 0 Å². The van der Waals surface area contributed by atoms with E-state index in [0.717, 1.165) is 5.71 Å². The minimum atomic E-state index is 0.182. The van der Waals surface area contributed by atoms with Crippen LogP contribution in [0.1, 0.15) is 27.7 Å². The van der Waals surface area contributed by atoms with Crippen molar-refractivity contribution in [1.82, 2.24) is 0 Å². The van der Waals surface area contributed by atoms with Crippen molar-refractivity contribution < 1.29 is 0 Å². The summed E-state index contributed by atoms with van der Waals surface area (Å²) in [7, 11) is 1.83. The number of allylic oxidation sites excluding steroid dienone is 2. The average molecular weight is 139 g/mol. The molecule has 0 radical (unpaired) electrons. The number of aliphatic imine (C=N–C) groups is 1. The first-order chi connectivity index (χ1) is 4.52. The van der Waals surface area contributed by atoms with Gasteiger partial charge in [0.05, 0.1) is 0 Å². The Morgan fingerprint density at radius 3 is 1.90 bits per heavy atom. The Balaban J connectivity index is 4.39. The van der Waals surface area contributed by atoms with Crippen LogP contribution in [0.5, 0.6) is 0 Å². The fourth-order valence-electron chi connectivity index (χ4n) is 0.818. The summed E-state index contributed by atoms with van der Waals surface area (Å²) in [5, 5.41) is 0. The highest BCUT2D eigenvalue weighted by atomic mass is 14.7. The minimum absolute atomic E-state index is 0.182. The maximum atomic E-state index is 4.18. The zero-order valence-corrected chi connectivity index (χ0v) is 7.60. The number of nitrogens with zero attached hydrogens (tertiary/aromatic N) is 1. The molecule has 0 atom stereocenters. The molecule has 0 saturated heterocycles. The first-order valence-corrected chi connectivity index (χ1v) is 3.62. The Morgan fingerprint density at radius 2 is 1.80 bits per heavy atom. The molecule has 0 aromatic heterocycles. The Kier molecular flexibility index (Phi) is 3.34. The third kappa shape index (κ3) is 2.81. The molecule has 58 valence electrons. The zero-order chi connectivity index (χ0) is 8.20. The van der Waals surface area contributed by atoms with E-state index in [1.807, 2.05) is 20.0 Å². The van der Waals surface area contributed by atoms with Gasteiger partial charge in [-0.3, -0.25) is 4.99 Å². The van der Waals surface area contributed by atoms with Gasteiger partial charge in [-0.05, 0) is 13.0 Å². The molecule has 0 saturated carbocycles. The van der Waals surface area contributed by atoms with E-state index in [1.165, 1.54) is 0 Å². The standard InChI is InChI=1S/C9H17N/c1-6-7-8(10-5)9(2,3)4/h6-7H,1-5H3/b7-6-,10-8?. The van der Waals surface area contributed by atoms with Gasteiger partial charge in [-0.1, -0.05) is 26.8 Å². The lowest BCUT2D eigenvalue weighted by Crippen LogP contribution is -2.17.